The van der Waals surface area contributed by atoms with E-state index in [0.717, 1.165) is 17.7 Å². The summed E-state index contributed by atoms with van der Waals surface area (Å²) >= 11 is 6.01. The molecule has 2 aromatic rings. The van der Waals surface area contributed by atoms with E-state index in [-0.39, 0.29) is 11.9 Å². The summed E-state index contributed by atoms with van der Waals surface area (Å²) in [6, 6.07) is 11.4. The van der Waals surface area contributed by atoms with E-state index in [2.05, 4.69) is 5.32 Å². The zero-order chi connectivity index (χ0) is 14.7. The van der Waals surface area contributed by atoms with Crippen LogP contribution in [0.2, 0.25) is 5.02 Å². The van der Waals surface area contributed by atoms with Crippen molar-refractivity contribution in [1.82, 2.24) is 9.88 Å². The SMILES string of the molecule is CCC(NC(=O)c1ccc(C)n1C)c1cccc(Cl)c1. The number of halogens is 1. The number of aryl methyl sites for hydroxylation is 1. The highest BCUT2D eigenvalue weighted by Crippen LogP contribution is 2.21. The van der Waals surface area contributed by atoms with Gasteiger partial charge < -0.3 is 9.88 Å². The Kier molecular flexibility index (Phi) is 4.50. The Morgan fingerprint density at radius 2 is 2.10 bits per heavy atom. The number of amides is 1. The largest absolute Gasteiger partial charge is 0.344 e. The van der Waals surface area contributed by atoms with Crippen LogP contribution in [0.1, 0.15) is 41.1 Å². The fraction of sp³-hybridized carbons (Fsp3) is 0.312. The molecule has 0 radical (unpaired) electrons. The predicted octanol–water partition coefficient (Wildman–Crippen LogP) is 3.87. The van der Waals surface area contributed by atoms with Crippen LogP contribution in [0, 0.1) is 6.92 Å². The molecule has 1 aromatic carbocycles. The maximum Gasteiger partial charge on any atom is 0.268 e. The van der Waals surface area contributed by atoms with E-state index in [1.165, 1.54) is 0 Å². The third-order valence-electron chi connectivity index (χ3n) is 3.57. The number of nitrogens with one attached hydrogen (secondary N) is 1. The van der Waals surface area contributed by atoms with Crippen molar-refractivity contribution >= 4 is 17.5 Å². The molecule has 1 aromatic heterocycles. The topological polar surface area (TPSA) is 34.0 Å². The van der Waals surface area contributed by atoms with Crippen molar-refractivity contribution in [1.29, 1.82) is 0 Å². The lowest BCUT2D eigenvalue weighted by atomic mass is 10.0. The first-order valence-corrected chi connectivity index (χ1v) is 7.09. The van der Waals surface area contributed by atoms with Crippen LogP contribution in [0.25, 0.3) is 0 Å². The van der Waals surface area contributed by atoms with Crippen molar-refractivity contribution in [3.8, 4) is 0 Å². The first kappa shape index (κ1) is 14.7. The molecule has 106 valence electrons. The number of rotatable bonds is 4. The summed E-state index contributed by atoms with van der Waals surface area (Å²) in [6.07, 6.45) is 0.815. The molecule has 0 spiro atoms. The molecule has 4 heteroatoms. The highest BCUT2D eigenvalue weighted by Gasteiger charge is 2.16. The van der Waals surface area contributed by atoms with Gasteiger partial charge >= 0.3 is 0 Å². The van der Waals surface area contributed by atoms with E-state index >= 15 is 0 Å². The Morgan fingerprint density at radius 1 is 1.35 bits per heavy atom. The van der Waals surface area contributed by atoms with Crippen LogP contribution in [0.3, 0.4) is 0 Å². The van der Waals surface area contributed by atoms with Crippen LogP contribution in [-0.4, -0.2) is 10.5 Å². The van der Waals surface area contributed by atoms with Crippen LogP contribution in [0.4, 0.5) is 0 Å². The summed E-state index contributed by atoms with van der Waals surface area (Å²) in [5, 5.41) is 3.75. The molecular weight excluding hydrogens is 272 g/mol. The van der Waals surface area contributed by atoms with E-state index in [4.69, 9.17) is 11.6 Å². The fourth-order valence-electron chi connectivity index (χ4n) is 2.22. The molecule has 0 bridgehead atoms. The van der Waals surface area contributed by atoms with Crippen molar-refractivity contribution < 1.29 is 4.79 Å². The zero-order valence-electron chi connectivity index (χ0n) is 12.0. The minimum atomic E-state index is -0.0626. The van der Waals surface area contributed by atoms with Gasteiger partial charge in [-0.1, -0.05) is 30.7 Å². The first-order valence-electron chi connectivity index (χ1n) is 6.71. The number of nitrogens with zero attached hydrogens (tertiary/aromatic N) is 1. The molecule has 1 heterocycles. The molecule has 0 saturated carbocycles. The summed E-state index contributed by atoms with van der Waals surface area (Å²) in [5.74, 6) is -0.0626. The minimum Gasteiger partial charge on any atom is -0.344 e. The molecule has 1 amide bonds. The maximum absolute atomic E-state index is 12.3. The normalized spacial score (nSPS) is 12.2. The number of aromatic nitrogens is 1. The second-order valence-electron chi connectivity index (χ2n) is 4.91. The zero-order valence-corrected chi connectivity index (χ0v) is 12.7. The third-order valence-corrected chi connectivity index (χ3v) is 3.81. The van der Waals surface area contributed by atoms with Crippen molar-refractivity contribution in [3.05, 3.63) is 58.4 Å². The molecular formula is C16H19ClN2O. The van der Waals surface area contributed by atoms with Gasteiger partial charge in [-0.2, -0.15) is 0 Å². The first-order chi connectivity index (χ1) is 9.52. The van der Waals surface area contributed by atoms with Gasteiger partial charge in [0.1, 0.15) is 5.69 Å². The predicted molar refractivity (Wildman–Crippen MR) is 82.1 cm³/mol. The molecule has 1 atom stereocenters. The number of benzene rings is 1. The monoisotopic (exact) mass is 290 g/mol. The number of hydrogen-bond donors (Lipinski definition) is 1. The summed E-state index contributed by atoms with van der Waals surface area (Å²) in [7, 11) is 1.89. The number of carbonyl (C=O) groups is 1. The average Bonchev–Trinajstić information content (AvgIpc) is 2.76. The molecule has 1 unspecified atom stereocenters. The van der Waals surface area contributed by atoms with E-state index in [9.17, 15) is 4.79 Å². The molecule has 0 aliphatic rings. The summed E-state index contributed by atoms with van der Waals surface area (Å²) in [5.41, 5.74) is 2.76. The Bertz CT molecular complexity index is 619. The Hall–Kier alpha value is -1.74. The Balaban J connectivity index is 2.18. The van der Waals surface area contributed by atoms with Crippen molar-refractivity contribution in [3.63, 3.8) is 0 Å². The molecule has 0 aliphatic heterocycles. The maximum atomic E-state index is 12.3. The van der Waals surface area contributed by atoms with E-state index in [0.29, 0.717) is 10.7 Å². The van der Waals surface area contributed by atoms with Crippen LogP contribution < -0.4 is 5.32 Å². The second-order valence-corrected chi connectivity index (χ2v) is 5.34. The fourth-order valence-corrected chi connectivity index (χ4v) is 2.42. The van der Waals surface area contributed by atoms with Crippen LogP contribution >= 0.6 is 11.6 Å². The van der Waals surface area contributed by atoms with Crippen LogP contribution in [-0.2, 0) is 7.05 Å². The lowest BCUT2D eigenvalue weighted by Crippen LogP contribution is -2.29. The summed E-state index contributed by atoms with van der Waals surface area (Å²) in [4.78, 5) is 12.3. The van der Waals surface area contributed by atoms with Gasteiger partial charge in [0.05, 0.1) is 6.04 Å². The molecule has 3 nitrogen and oxygen atoms in total. The molecule has 2 rings (SSSR count). The quantitative estimate of drug-likeness (QED) is 0.911. The second kappa shape index (κ2) is 6.14. The van der Waals surface area contributed by atoms with Crippen molar-refractivity contribution in [2.45, 2.75) is 26.3 Å². The van der Waals surface area contributed by atoms with Gasteiger partial charge in [0.2, 0.25) is 0 Å². The lowest BCUT2D eigenvalue weighted by Gasteiger charge is -2.18. The Labute approximate surface area is 124 Å². The van der Waals surface area contributed by atoms with Crippen LogP contribution in [0.15, 0.2) is 36.4 Å². The van der Waals surface area contributed by atoms with Crippen molar-refractivity contribution in [2.24, 2.45) is 7.05 Å². The molecule has 0 fully saturated rings. The molecule has 20 heavy (non-hydrogen) atoms. The van der Waals surface area contributed by atoms with Gasteiger partial charge in [-0.15, -0.1) is 0 Å². The van der Waals surface area contributed by atoms with E-state index in [1.807, 2.05) is 61.9 Å². The van der Waals surface area contributed by atoms with Gasteiger partial charge in [-0.3, -0.25) is 4.79 Å². The lowest BCUT2D eigenvalue weighted by molar-refractivity contribution is 0.0927. The summed E-state index contributed by atoms with van der Waals surface area (Å²) < 4.78 is 1.89. The standard InChI is InChI=1S/C16H19ClN2O/c1-4-14(12-6-5-7-13(17)10-12)18-16(20)15-9-8-11(2)19(15)3/h5-10,14H,4H2,1-3H3,(H,18,20). The number of carbonyl (C=O) groups excluding carboxylic acids is 1. The van der Waals surface area contributed by atoms with Crippen molar-refractivity contribution in [2.75, 3.05) is 0 Å². The van der Waals surface area contributed by atoms with Gasteiger partial charge in [-0.25, -0.2) is 0 Å². The van der Waals surface area contributed by atoms with Gasteiger partial charge in [0.15, 0.2) is 0 Å². The third kappa shape index (κ3) is 3.05. The van der Waals surface area contributed by atoms with E-state index < -0.39 is 0 Å². The smallest absolute Gasteiger partial charge is 0.268 e. The number of hydrogen-bond acceptors (Lipinski definition) is 1. The van der Waals surface area contributed by atoms with Gasteiger partial charge in [0, 0.05) is 17.8 Å². The molecule has 1 N–H and O–H groups in total. The highest BCUT2D eigenvalue weighted by molar-refractivity contribution is 6.30. The minimum absolute atomic E-state index is 0.0311. The molecule has 0 saturated heterocycles. The summed E-state index contributed by atoms with van der Waals surface area (Å²) in [6.45, 7) is 4.02. The Morgan fingerprint density at radius 3 is 2.65 bits per heavy atom. The van der Waals surface area contributed by atoms with E-state index in [1.54, 1.807) is 0 Å². The van der Waals surface area contributed by atoms with Gasteiger partial charge in [-0.05, 0) is 43.2 Å². The van der Waals surface area contributed by atoms with Crippen LogP contribution in [0.5, 0.6) is 0 Å². The average molecular weight is 291 g/mol. The van der Waals surface area contributed by atoms with Gasteiger partial charge in [0.25, 0.3) is 5.91 Å². The highest BCUT2D eigenvalue weighted by atomic mass is 35.5. The molecule has 0 aliphatic carbocycles.